The normalized spacial score (nSPS) is 16.4. The largest absolute Gasteiger partial charge is 0.337 e. The van der Waals surface area contributed by atoms with Crippen LogP contribution in [-0.2, 0) is 4.79 Å². The first-order valence-electron chi connectivity index (χ1n) is 9.42. The number of carbonyl (C=O) groups excluding carboxylic acids is 2. The highest BCUT2D eigenvalue weighted by atomic mass is 35.5. The molecular weight excluding hydrogens is 390 g/mol. The Balaban J connectivity index is 1.42. The third kappa shape index (κ3) is 4.46. The van der Waals surface area contributed by atoms with Crippen LogP contribution in [0.3, 0.4) is 0 Å². The number of carbonyl (C=O) groups is 2. The molecule has 2 N–H and O–H groups in total. The number of nitrogens with zero attached hydrogens (tertiary/aromatic N) is 3. The van der Waals surface area contributed by atoms with Crippen molar-refractivity contribution in [2.45, 2.75) is 12.8 Å². The average molecular weight is 410 g/mol. The first-order valence-corrected chi connectivity index (χ1v) is 9.80. The smallest absolute Gasteiger partial charge is 0.271 e. The van der Waals surface area contributed by atoms with Gasteiger partial charge in [-0.1, -0.05) is 23.7 Å². The molecule has 1 aromatic carbocycles. The van der Waals surface area contributed by atoms with Gasteiger partial charge >= 0.3 is 0 Å². The fourth-order valence-corrected chi connectivity index (χ4v) is 3.62. The first kappa shape index (κ1) is 19.1. The van der Waals surface area contributed by atoms with Crippen LogP contribution in [0.4, 0.5) is 5.69 Å². The molecular formula is C21H20ClN5O2. The molecule has 0 unspecified atom stereocenters. The Bertz CT molecular complexity index is 1020. The summed E-state index contributed by atoms with van der Waals surface area (Å²) < 4.78 is 0. The van der Waals surface area contributed by atoms with Crippen molar-refractivity contribution in [2.24, 2.45) is 5.92 Å². The first-order chi connectivity index (χ1) is 14.1. The van der Waals surface area contributed by atoms with Gasteiger partial charge in [0, 0.05) is 30.0 Å². The number of aromatic nitrogens is 3. The molecule has 1 aliphatic rings. The summed E-state index contributed by atoms with van der Waals surface area (Å²) in [5, 5.41) is 10.4. The molecule has 3 aromatic rings. The van der Waals surface area contributed by atoms with E-state index in [1.54, 1.807) is 41.4 Å². The topological polar surface area (TPSA) is 91.0 Å². The van der Waals surface area contributed by atoms with E-state index in [1.165, 1.54) is 0 Å². The minimum atomic E-state index is -0.273. The van der Waals surface area contributed by atoms with Gasteiger partial charge in [-0.3, -0.25) is 19.7 Å². The monoisotopic (exact) mass is 409 g/mol. The Morgan fingerprint density at radius 3 is 2.83 bits per heavy atom. The van der Waals surface area contributed by atoms with Crippen LogP contribution < -0.4 is 5.32 Å². The van der Waals surface area contributed by atoms with E-state index in [0.717, 1.165) is 12.8 Å². The van der Waals surface area contributed by atoms with Gasteiger partial charge in [0.05, 0.1) is 11.6 Å². The highest BCUT2D eigenvalue weighted by molar-refractivity contribution is 6.30. The summed E-state index contributed by atoms with van der Waals surface area (Å²) in [4.78, 5) is 31.5. The summed E-state index contributed by atoms with van der Waals surface area (Å²) in [6.45, 7) is 0.973. The number of rotatable bonds is 4. The molecule has 0 bridgehead atoms. The third-order valence-corrected chi connectivity index (χ3v) is 5.14. The number of H-pyrrole nitrogens is 1. The maximum absolute atomic E-state index is 12.9. The summed E-state index contributed by atoms with van der Waals surface area (Å²) in [5.74, 6) is -0.548. The van der Waals surface area contributed by atoms with Crippen LogP contribution in [0, 0.1) is 5.92 Å². The van der Waals surface area contributed by atoms with Gasteiger partial charge in [0.15, 0.2) is 0 Å². The zero-order chi connectivity index (χ0) is 20.2. The Labute approximate surface area is 173 Å². The molecule has 8 heteroatoms. The van der Waals surface area contributed by atoms with Crippen LogP contribution in [0.15, 0.2) is 54.7 Å². The summed E-state index contributed by atoms with van der Waals surface area (Å²) >= 11 is 5.97. The molecule has 0 saturated carbocycles. The van der Waals surface area contributed by atoms with Crippen molar-refractivity contribution in [3.63, 3.8) is 0 Å². The second-order valence-corrected chi connectivity index (χ2v) is 7.41. The van der Waals surface area contributed by atoms with Gasteiger partial charge in [-0.2, -0.15) is 5.10 Å². The fourth-order valence-electron chi connectivity index (χ4n) is 3.43. The zero-order valence-corrected chi connectivity index (χ0v) is 16.4. The van der Waals surface area contributed by atoms with Crippen LogP contribution in [-0.4, -0.2) is 45.0 Å². The molecule has 0 spiro atoms. The molecule has 1 aliphatic heterocycles. The average Bonchev–Trinajstić information content (AvgIpc) is 3.24. The van der Waals surface area contributed by atoms with E-state index >= 15 is 0 Å². The van der Waals surface area contributed by atoms with Crippen LogP contribution in [0.5, 0.6) is 0 Å². The van der Waals surface area contributed by atoms with Crippen molar-refractivity contribution in [1.82, 2.24) is 20.1 Å². The number of likely N-dealkylation sites (tertiary alicyclic amines) is 1. The van der Waals surface area contributed by atoms with Gasteiger partial charge in [0.25, 0.3) is 5.91 Å². The minimum absolute atomic E-state index is 0.108. The molecule has 7 nitrogen and oxygen atoms in total. The number of hydrogen-bond donors (Lipinski definition) is 2. The summed E-state index contributed by atoms with van der Waals surface area (Å²) in [6, 6.07) is 14.3. The molecule has 1 saturated heterocycles. The molecule has 0 aliphatic carbocycles. The number of anilines is 1. The van der Waals surface area contributed by atoms with Crippen LogP contribution in [0.1, 0.15) is 23.3 Å². The molecule has 2 amide bonds. The molecule has 1 atom stereocenters. The van der Waals surface area contributed by atoms with Crippen molar-refractivity contribution >= 4 is 29.1 Å². The molecule has 4 rings (SSSR count). The van der Waals surface area contributed by atoms with E-state index in [0.29, 0.717) is 40.9 Å². The quantitative estimate of drug-likeness (QED) is 0.688. The second kappa shape index (κ2) is 8.45. The van der Waals surface area contributed by atoms with E-state index in [-0.39, 0.29) is 17.7 Å². The van der Waals surface area contributed by atoms with E-state index in [4.69, 9.17) is 11.6 Å². The minimum Gasteiger partial charge on any atom is -0.337 e. The van der Waals surface area contributed by atoms with Crippen molar-refractivity contribution < 1.29 is 9.59 Å². The number of aromatic amines is 1. The van der Waals surface area contributed by atoms with Gasteiger partial charge in [-0.15, -0.1) is 0 Å². The lowest BCUT2D eigenvalue weighted by molar-refractivity contribution is -0.121. The SMILES string of the molecule is O=C(Nc1cccc(Cl)c1)[C@H]1CCCN(C(=O)c2cc(-c3ccccn3)n[nH]2)C1. The van der Waals surface area contributed by atoms with Gasteiger partial charge in [-0.25, -0.2) is 0 Å². The van der Waals surface area contributed by atoms with Crippen molar-refractivity contribution in [2.75, 3.05) is 18.4 Å². The fraction of sp³-hybridized carbons (Fsp3) is 0.238. The van der Waals surface area contributed by atoms with E-state index in [1.807, 2.05) is 18.2 Å². The van der Waals surface area contributed by atoms with Gasteiger partial charge in [0.2, 0.25) is 5.91 Å². The predicted molar refractivity (Wildman–Crippen MR) is 111 cm³/mol. The summed E-state index contributed by atoms with van der Waals surface area (Å²) in [5.41, 5.74) is 2.35. The molecule has 0 radical (unpaired) electrons. The standard InChI is InChI=1S/C21H20ClN5O2/c22-15-6-3-7-16(11-15)24-20(28)14-5-4-10-27(13-14)21(29)19-12-18(25-26-19)17-8-1-2-9-23-17/h1-3,6-9,11-12,14H,4-5,10,13H2,(H,24,28)(H,25,26)/t14-/m0/s1. The van der Waals surface area contributed by atoms with E-state index in [9.17, 15) is 9.59 Å². The number of halogens is 1. The van der Waals surface area contributed by atoms with Gasteiger partial charge in [-0.05, 0) is 49.2 Å². The van der Waals surface area contributed by atoms with Gasteiger partial charge < -0.3 is 10.2 Å². The number of amides is 2. The van der Waals surface area contributed by atoms with Crippen molar-refractivity contribution in [3.05, 3.63) is 65.4 Å². The number of pyridine rings is 1. The number of nitrogens with one attached hydrogen (secondary N) is 2. The zero-order valence-electron chi connectivity index (χ0n) is 15.6. The molecule has 148 valence electrons. The number of hydrogen-bond acceptors (Lipinski definition) is 4. The molecule has 29 heavy (non-hydrogen) atoms. The Kier molecular flexibility index (Phi) is 5.57. The summed E-state index contributed by atoms with van der Waals surface area (Å²) in [6.07, 6.45) is 3.18. The Morgan fingerprint density at radius 2 is 2.03 bits per heavy atom. The van der Waals surface area contributed by atoms with E-state index < -0.39 is 0 Å². The molecule has 3 heterocycles. The lowest BCUT2D eigenvalue weighted by atomic mass is 9.96. The second-order valence-electron chi connectivity index (χ2n) is 6.97. The van der Waals surface area contributed by atoms with Crippen LogP contribution >= 0.6 is 11.6 Å². The van der Waals surface area contributed by atoms with Crippen LogP contribution in [0.25, 0.3) is 11.4 Å². The number of benzene rings is 1. The van der Waals surface area contributed by atoms with Crippen molar-refractivity contribution in [3.8, 4) is 11.4 Å². The van der Waals surface area contributed by atoms with Crippen LogP contribution in [0.2, 0.25) is 5.02 Å². The van der Waals surface area contributed by atoms with E-state index in [2.05, 4.69) is 20.5 Å². The van der Waals surface area contributed by atoms with Crippen molar-refractivity contribution in [1.29, 1.82) is 0 Å². The predicted octanol–water partition coefficient (Wildman–Crippen LogP) is 3.62. The Morgan fingerprint density at radius 1 is 1.14 bits per heavy atom. The third-order valence-electron chi connectivity index (χ3n) is 4.91. The lowest BCUT2D eigenvalue weighted by Gasteiger charge is -2.31. The Hall–Kier alpha value is -3.19. The van der Waals surface area contributed by atoms with Gasteiger partial charge in [0.1, 0.15) is 11.4 Å². The molecule has 1 fully saturated rings. The maximum atomic E-state index is 12.9. The number of piperidine rings is 1. The maximum Gasteiger partial charge on any atom is 0.271 e. The lowest BCUT2D eigenvalue weighted by Crippen LogP contribution is -2.43. The highest BCUT2D eigenvalue weighted by Gasteiger charge is 2.29. The summed E-state index contributed by atoms with van der Waals surface area (Å²) in [7, 11) is 0. The molecule has 2 aromatic heterocycles. The highest BCUT2D eigenvalue weighted by Crippen LogP contribution is 2.22.